The lowest BCUT2D eigenvalue weighted by Crippen LogP contribution is -2.40. The molecule has 0 atom stereocenters. The number of piperidine rings is 1. The van der Waals surface area contributed by atoms with E-state index in [4.69, 9.17) is 11.6 Å². The molecule has 0 spiro atoms. The number of carbonyl (C=O) groups is 1. The van der Waals surface area contributed by atoms with E-state index in [0.717, 1.165) is 49.7 Å². The molecule has 4 nitrogen and oxygen atoms in total. The van der Waals surface area contributed by atoms with Crippen LogP contribution in [0.2, 0.25) is 5.02 Å². The number of likely N-dealkylation sites (tertiary alicyclic amines) is 1. The zero-order valence-corrected chi connectivity index (χ0v) is 15.6. The quantitative estimate of drug-likeness (QED) is 0.829. The fraction of sp³-hybridized carbons (Fsp3) is 0.381. The number of amides is 2. The van der Waals surface area contributed by atoms with E-state index in [1.165, 1.54) is 17.7 Å². The molecule has 2 heterocycles. The molecule has 2 aliphatic rings. The third-order valence-electron chi connectivity index (χ3n) is 5.46. The van der Waals surface area contributed by atoms with E-state index in [0.29, 0.717) is 5.92 Å². The van der Waals surface area contributed by atoms with E-state index >= 15 is 0 Å². The number of benzene rings is 2. The first-order chi connectivity index (χ1) is 12.7. The summed E-state index contributed by atoms with van der Waals surface area (Å²) in [5, 5.41) is 3.80. The Labute approximate surface area is 159 Å². The SMILES string of the molecule is O=C(Nc1ccc(N2CCC2)cc1)N1CCC(c2ccc(Cl)cc2)CC1. The van der Waals surface area contributed by atoms with E-state index < -0.39 is 0 Å². The first-order valence-electron chi connectivity index (χ1n) is 9.35. The Morgan fingerprint density at radius 2 is 1.58 bits per heavy atom. The zero-order valence-electron chi connectivity index (χ0n) is 14.8. The van der Waals surface area contributed by atoms with Gasteiger partial charge in [-0.1, -0.05) is 23.7 Å². The molecular formula is C21H24ClN3O. The van der Waals surface area contributed by atoms with Crippen LogP contribution >= 0.6 is 11.6 Å². The van der Waals surface area contributed by atoms with Crippen LogP contribution in [-0.4, -0.2) is 37.1 Å². The Hall–Kier alpha value is -2.20. The van der Waals surface area contributed by atoms with Gasteiger partial charge in [-0.3, -0.25) is 0 Å². The van der Waals surface area contributed by atoms with E-state index in [9.17, 15) is 4.79 Å². The van der Waals surface area contributed by atoms with E-state index in [-0.39, 0.29) is 6.03 Å². The first-order valence-corrected chi connectivity index (χ1v) is 9.73. The minimum atomic E-state index is -0.00347. The van der Waals surface area contributed by atoms with Crippen molar-refractivity contribution in [1.82, 2.24) is 4.90 Å². The second kappa shape index (κ2) is 7.58. The highest BCUT2D eigenvalue weighted by molar-refractivity contribution is 6.30. The van der Waals surface area contributed by atoms with E-state index in [1.807, 2.05) is 29.2 Å². The van der Waals surface area contributed by atoms with Crippen molar-refractivity contribution in [3.8, 4) is 0 Å². The summed E-state index contributed by atoms with van der Waals surface area (Å²) in [7, 11) is 0. The average molecular weight is 370 g/mol. The molecule has 2 fully saturated rings. The molecule has 0 unspecified atom stereocenters. The summed E-state index contributed by atoms with van der Waals surface area (Å²) >= 11 is 5.97. The largest absolute Gasteiger partial charge is 0.371 e. The van der Waals surface area contributed by atoms with Gasteiger partial charge in [-0.2, -0.15) is 0 Å². The standard InChI is InChI=1S/C21H24ClN3O/c22-18-4-2-16(3-5-18)17-10-14-25(15-11-17)21(26)23-19-6-8-20(9-7-19)24-12-1-13-24/h2-9,17H,1,10-15H2,(H,23,26). The lowest BCUT2D eigenvalue weighted by atomic mass is 9.89. The number of nitrogens with one attached hydrogen (secondary N) is 1. The van der Waals surface area contributed by atoms with Gasteiger partial charge in [0.15, 0.2) is 0 Å². The molecule has 0 radical (unpaired) electrons. The maximum Gasteiger partial charge on any atom is 0.321 e. The molecule has 136 valence electrons. The van der Waals surface area contributed by atoms with Crippen molar-refractivity contribution in [2.24, 2.45) is 0 Å². The fourth-order valence-corrected chi connectivity index (χ4v) is 3.81. The molecule has 4 rings (SSSR count). The molecule has 2 aromatic rings. The number of halogens is 1. The van der Waals surface area contributed by atoms with Crippen LogP contribution in [0.15, 0.2) is 48.5 Å². The van der Waals surface area contributed by atoms with Crippen LogP contribution in [0.5, 0.6) is 0 Å². The van der Waals surface area contributed by atoms with Crippen molar-refractivity contribution < 1.29 is 4.79 Å². The normalized spacial score (nSPS) is 17.7. The topological polar surface area (TPSA) is 35.6 Å². The summed E-state index contributed by atoms with van der Waals surface area (Å²) in [5.74, 6) is 0.507. The Kier molecular flexibility index (Phi) is 5.02. The molecule has 2 saturated heterocycles. The highest BCUT2D eigenvalue weighted by Gasteiger charge is 2.24. The Morgan fingerprint density at radius 1 is 0.923 bits per heavy atom. The predicted octanol–water partition coefficient (Wildman–Crippen LogP) is 4.96. The highest BCUT2D eigenvalue weighted by atomic mass is 35.5. The van der Waals surface area contributed by atoms with Gasteiger partial charge in [0.25, 0.3) is 0 Å². The minimum Gasteiger partial charge on any atom is -0.371 e. The van der Waals surface area contributed by atoms with Gasteiger partial charge in [-0.25, -0.2) is 4.79 Å². The average Bonchev–Trinajstić information content (AvgIpc) is 2.63. The number of hydrogen-bond acceptors (Lipinski definition) is 2. The van der Waals surface area contributed by atoms with Crippen molar-refractivity contribution in [2.75, 3.05) is 36.4 Å². The van der Waals surface area contributed by atoms with Crippen molar-refractivity contribution in [3.05, 3.63) is 59.1 Å². The van der Waals surface area contributed by atoms with Gasteiger partial charge in [0, 0.05) is 42.6 Å². The van der Waals surface area contributed by atoms with Crippen LogP contribution in [0.3, 0.4) is 0 Å². The summed E-state index contributed by atoms with van der Waals surface area (Å²) in [5.41, 5.74) is 3.41. The summed E-state index contributed by atoms with van der Waals surface area (Å²) in [6.07, 6.45) is 3.25. The van der Waals surface area contributed by atoms with Crippen molar-refractivity contribution in [2.45, 2.75) is 25.2 Å². The fourth-order valence-electron chi connectivity index (χ4n) is 3.68. The van der Waals surface area contributed by atoms with Crippen LogP contribution in [0.1, 0.15) is 30.7 Å². The lowest BCUT2D eigenvalue weighted by Gasteiger charge is -2.33. The minimum absolute atomic E-state index is 0.00347. The molecule has 0 saturated carbocycles. The molecule has 2 amide bonds. The highest BCUT2D eigenvalue weighted by Crippen LogP contribution is 2.29. The number of hydrogen-bond donors (Lipinski definition) is 1. The smallest absolute Gasteiger partial charge is 0.321 e. The van der Waals surface area contributed by atoms with Crippen molar-refractivity contribution >= 4 is 29.0 Å². The van der Waals surface area contributed by atoms with E-state index in [1.54, 1.807) is 0 Å². The van der Waals surface area contributed by atoms with Crippen LogP contribution < -0.4 is 10.2 Å². The molecule has 0 aliphatic carbocycles. The maximum atomic E-state index is 12.5. The van der Waals surface area contributed by atoms with Crippen molar-refractivity contribution in [1.29, 1.82) is 0 Å². The van der Waals surface area contributed by atoms with Gasteiger partial charge in [0.2, 0.25) is 0 Å². The molecule has 2 aromatic carbocycles. The van der Waals surface area contributed by atoms with Gasteiger partial charge in [0.1, 0.15) is 0 Å². The van der Waals surface area contributed by atoms with Gasteiger partial charge >= 0.3 is 6.03 Å². The molecule has 26 heavy (non-hydrogen) atoms. The molecule has 0 aromatic heterocycles. The third kappa shape index (κ3) is 3.80. The zero-order chi connectivity index (χ0) is 17.9. The Balaban J connectivity index is 1.29. The summed E-state index contributed by atoms with van der Waals surface area (Å²) < 4.78 is 0. The van der Waals surface area contributed by atoms with Crippen LogP contribution in [0.4, 0.5) is 16.2 Å². The van der Waals surface area contributed by atoms with Crippen LogP contribution in [0.25, 0.3) is 0 Å². The van der Waals surface area contributed by atoms with Gasteiger partial charge in [-0.05, 0) is 67.1 Å². The number of nitrogens with zero attached hydrogens (tertiary/aromatic N) is 2. The monoisotopic (exact) mass is 369 g/mol. The lowest BCUT2D eigenvalue weighted by molar-refractivity contribution is 0.194. The number of carbonyl (C=O) groups excluding carboxylic acids is 1. The number of rotatable bonds is 3. The number of anilines is 2. The molecule has 0 bridgehead atoms. The maximum absolute atomic E-state index is 12.5. The molecular weight excluding hydrogens is 346 g/mol. The van der Waals surface area contributed by atoms with E-state index in [2.05, 4.69) is 34.5 Å². The van der Waals surface area contributed by atoms with Gasteiger partial charge in [-0.15, -0.1) is 0 Å². The Morgan fingerprint density at radius 3 is 2.15 bits per heavy atom. The number of urea groups is 1. The summed E-state index contributed by atoms with van der Waals surface area (Å²) in [4.78, 5) is 16.8. The third-order valence-corrected chi connectivity index (χ3v) is 5.72. The Bertz CT molecular complexity index is 748. The summed E-state index contributed by atoms with van der Waals surface area (Å²) in [6.45, 7) is 3.83. The molecule has 2 aliphatic heterocycles. The van der Waals surface area contributed by atoms with Crippen LogP contribution in [0, 0.1) is 0 Å². The molecule has 1 N–H and O–H groups in total. The second-order valence-electron chi connectivity index (χ2n) is 7.13. The van der Waals surface area contributed by atoms with Crippen LogP contribution in [-0.2, 0) is 0 Å². The predicted molar refractivity (Wildman–Crippen MR) is 107 cm³/mol. The van der Waals surface area contributed by atoms with Gasteiger partial charge < -0.3 is 15.1 Å². The van der Waals surface area contributed by atoms with Gasteiger partial charge in [0.05, 0.1) is 0 Å². The van der Waals surface area contributed by atoms with Crippen molar-refractivity contribution in [3.63, 3.8) is 0 Å². The second-order valence-corrected chi connectivity index (χ2v) is 7.57. The first kappa shape index (κ1) is 17.2. The molecule has 5 heteroatoms. The summed E-state index contributed by atoms with van der Waals surface area (Å²) in [6, 6.07) is 16.2.